The first-order valence-corrected chi connectivity index (χ1v) is 10.8. The lowest BCUT2D eigenvalue weighted by Crippen LogP contribution is -2.45. The molecule has 0 spiro atoms. The van der Waals surface area contributed by atoms with Crippen LogP contribution in [0.4, 0.5) is 0 Å². The van der Waals surface area contributed by atoms with Crippen LogP contribution in [0.2, 0.25) is 0 Å². The Labute approximate surface area is 182 Å². The van der Waals surface area contributed by atoms with Crippen LogP contribution in [-0.2, 0) is 4.74 Å². The average molecular weight is 411 g/mol. The molecule has 0 aromatic rings. The van der Waals surface area contributed by atoms with Crippen molar-refractivity contribution in [2.45, 2.75) is 72.2 Å². The Hall–Kier alpha value is -1.94. The highest BCUT2D eigenvalue weighted by atomic mass is 16.5. The Morgan fingerprint density at radius 2 is 1.63 bits per heavy atom. The van der Waals surface area contributed by atoms with Crippen LogP contribution < -0.4 is 0 Å². The van der Waals surface area contributed by atoms with Crippen molar-refractivity contribution in [1.29, 1.82) is 0 Å². The number of hydrogen-bond donors (Lipinski definition) is 2. The maximum absolute atomic E-state index is 10.3. The summed E-state index contributed by atoms with van der Waals surface area (Å²) in [5.41, 5.74) is 4.32. The summed E-state index contributed by atoms with van der Waals surface area (Å²) in [6.07, 6.45) is 21.3. The molecule has 1 saturated carbocycles. The molecule has 30 heavy (non-hydrogen) atoms. The molecule has 1 fully saturated rings. The highest BCUT2D eigenvalue weighted by Crippen LogP contribution is 2.51. The number of ether oxygens (including phenoxy) is 1. The van der Waals surface area contributed by atoms with Crippen LogP contribution in [0.15, 0.2) is 83.1 Å². The van der Waals surface area contributed by atoms with Gasteiger partial charge in [0, 0.05) is 6.42 Å². The van der Waals surface area contributed by atoms with Gasteiger partial charge in [-0.1, -0.05) is 79.7 Å². The Morgan fingerprint density at radius 1 is 1.00 bits per heavy atom. The summed E-state index contributed by atoms with van der Waals surface area (Å²) in [6, 6.07) is 0. The molecule has 3 nitrogen and oxygen atoms in total. The van der Waals surface area contributed by atoms with Gasteiger partial charge in [0.05, 0.1) is 24.4 Å². The Bertz CT molecular complexity index is 817. The zero-order chi connectivity index (χ0) is 22.4. The molecule has 1 aliphatic heterocycles. The summed E-state index contributed by atoms with van der Waals surface area (Å²) in [5, 5.41) is 19.1. The van der Waals surface area contributed by atoms with E-state index in [1.165, 1.54) is 5.57 Å². The third-order valence-electron chi connectivity index (χ3n) is 5.86. The number of fused-ring (bicyclic) bond motifs is 1. The molecule has 0 aromatic heterocycles. The lowest BCUT2D eigenvalue weighted by atomic mass is 9.65. The van der Waals surface area contributed by atoms with Crippen LogP contribution in [0.1, 0.15) is 54.4 Å². The monoisotopic (exact) mass is 410 g/mol. The smallest absolute Gasteiger partial charge is 0.0982 e. The molecule has 3 heteroatoms. The predicted molar refractivity (Wildman–Crippen MR) is 126 cm³/mol. The highest BCUT2D eigenvalue weighted by Gasteiger charge is 2.50. The Balaban J connectivity index is 2.00. The minimum absolute atomic E-state index is 0.0381. The normalized spacial score (nSPS) is 30.5. The lowest BCUT2D eigenvalue weighted by Gasteiger charge is -2.44. The first-order valence-electron chi connectivity index (χ1n) is 10.8. The SMILES string of the molecule is C/C(=C/C=C/C(C)=C/C=C/C=C(C)/C=C/CO)[C@@H]1C=C2C(C)(C)C[C@H](O)C[C@@]2(C)O1. The molecule has 0 radical (unpaired) electrons. The molecule has 2 N–H and O–H groups in total. The van der Waals surface area contributed by atoms with Gasteiger partial charge in [0.2, 0.25) is 0 Å². The van der Waals surface area contributed by atoms with Crippen molar-refractivity contribution in [3.05, 3.63) is 83.1 Å². The summed E-state index contributed by atoms with van der Waals surface area (Å²) in [4.78, 5) is 0. The second kappa shape index (κ2) is 10.4. The van der Waals surface area contributed by atoms with Gasteiger partial charge in [-0.15, -0.1) is 0 Å². The fraction of sp³-hybridized carbons (Fsp3) is 0.481. The van der Waals surface area contributed by atoms with Gasteiger partial charge in [-0.2, -0.15) is 0 Å². The van der Waals surface area contributed by atoms with Crippen LogP contribution in [0.5, 0.6) is 0 Å². The van der Waals surface area contributed by atoms with E-state index in [4.69, 9.17) is 9.84 Å². The van der Waals surface area contributed by atoms with Gasteiger partial charge in [0.1, 0.15) is 0 Å². The third kappa shape index (κ3) is 6.53. The van der Waals surface area contributed by atoms with E-state index in [9.17, 15) is 5.11 Å². The summed E-state index contributed by atoms with van der Waals surface area (Å²) in [5.74, 6) is 0. The van der Waals surface area contributed by atoms with Crippen molar-refractivity contribution in [1.82, 2.24) is 0 Å². The van der Waals surface area contributed by atoms with Gasteiger partial charge in [0.25, 0.3) is 0 Å². The van der Waals surface area contributed by atoms with Crippen molar-refractivity contribution in [2.75, 3.05) is 6.61 Å². The van der Waals surface area contributed by atoms with Gasteiger partial charge in [-0.25, -0.2) is 0 Å². The largest absolute Gasteiger partial charge is 0.393 e. The van der Waals surface area contributed by atoms with Gasteiger partial charge in [0.15, 0.2) is 0 Å². The zero-order valence-electron chi connectivity index (χ0n) is 19.4. The molecule has 1 heterocycles. The standard InChI is InChI=1S/C27H38O3/c1-20(11-7-8-12-21(2)14-10-16-28)13-9-15-22(3)24-17-25-26(4,5)18-23(29)19-27(25,6)30-24/h7-15,17,23-24,28-29H,16,18-19H2,1-6H3/b8-7+,13-9+,14-10+,20-11+,21-12+,22-15-/t23-,24-,27+/m0/s1. The molecule has 1 aliphatic carbocycles. The van der Waals surface area contributed by atoms with E-state index in [0.29, 0.717) is 6.42 Å². The molecule has 0 amide bonds. The predicted octanol–water partition coefficient (Wildman–Crippen LogP) is 5.75. The van der Waals surface area contributed by atoms with Crippen molar-refractivity contribution >= 4 is 0 Å². The maximum atomic E-state index is 10.3. The molecule has 0 saturated heterocycles. The number of rotatable bonds is 7. The Kier molecular flexibility index (Phi) is 8.42. The van der Waals surface area contributed by atoms with Crippen LogP contribution in [0.25, 0.3) is 0 Å². The van der Waals surface area contributed by atoms with E-state index < -0.39 is 0 Å². The van der Waals surface area contributed by atoms with Crippen molar-refractivity contribution in [3.63, 3.8) is 0 Å². The number of aliphatic hydroxyl groups is 2. The van der Waals surface area contributed by atoms with Crippen LogP contribution >= 0.6 is 0 Å². The molecule has 164 valence electrons. The Morgan fingerprint density at radius 3 is 2.27 bits per heavy atom. The molecule has 0 aromatic carbocycles. The van der Waals surface area contributed by atoms with Gasteiger partial charge < -0.3 is 14.9 Å². The van der Waals surface area contributed by atoms with Crippen molar-refractivity contribution < 1.29 is 14.9 Å². The van der Waals surface area contributed by atoms with E-state index in [-0.39, 0.29) is 29.8 Å². The molecule has 2 rings (SSSR count). The summed E-state index contributed by atoms with van der Waals surface area (Å²) in [6.45, 7) is 12.7. The minimum Gasteiger partial charge on any atom is -0.393 e. The lowest BCUT2D eigenvalue weighted by molar-refractivity contribution is -0.0683. The van der Waals surface area contributed by atoms with E-state index >= 15 is 0 Å². The fourth-order valence-corrected chi connectivity index (χ4v) is 4.46. The molecular formula is C27H38O3. The van der Waals surface area contributed by atoms with Gasteiger partial charge in [-0.05, 0) is 56.8 Å². The third-order valence-corrected chi connectivity index (χ3v) is 5.86. The summed E-state index contributed by atoms with van der Waals surface area (Å²) in [7, 11) is 0. The average Bonchev–Trinajstić information content (AvgIpc) is 3.01. The number of allylic oxidation sites excluding steroid dienone is 10. The highest BCUT2D eigenvalue weighted by molar-refractivity contribution is 5.37. The van der Waals surface area contributed by atoms with E-state index in [1.54, 1.807) is 6.08 Å². The van der Waals surface area contributed by atoms with Crippen LogP contribution in [-0.4, -0.2) is 34.6 Å². The first kappa shape index (κ1) is 24.3. The zero-order valence-corrected chi connectivity index (χ0v) is 19.4. The second-order valence-corrected chi connectivity index (χ2v) is 9.36. The van der Waals surface area contributed by atoms with Crippen molar-refractivity contribution in [2.24, 2.45) is 5.41 Å². The van der Waals surface area contributed by atoms with Gasteiger partial charge >= 0.3 is 0 Å². The van der Waals surface area contributed by atoms with E-state index in [2.05, 4.69) is 65.0 Å². The molecule has 0 bridgehead atoms. The molecule has 2 aliphatic rings. The number of hydrogen-bond acceptors (Lipinski definition) is 3. The second-order valence-electron chi connectivity index (χ2n) is 9.36. The maximum Gasteiger partial charge on any atom is 0.0982 e. The first-order chi connectivity index (χ1) is 14.1. The minimum atomic E-state index is -0.372. The van der Waals surface area contributed by atoms with Gasteiger partial charge in [-0.3, -0.25) is 0 Å². The molecule has 3 atom stereocenters. The van der Waals surface area contributed by atoms with Crippen LogP contribution in [0, 0.1) is 5.41 Å². The van der Waals surface area contributed by atoms with E-state index in [0.717, 1.165) is 23.1 Å². The van der Waals surface area contributed by atoms with Crippen molar-refractivity contribution in [3.8, 4) is 0 Å². The topological polar surface area (TPSA) is 49.7 Å². The quantitative estimate of drug-likeness (QED) is 0.415. The molecular weight excluding hydrogens is 372 g/mol. The number of aliphatic hydroxyl groups excluding tert-OH is 2. The summed E-state index contributed by atoms with van der Waals surface area (Å²) < 4.78 is 6.40. The van der Waals surface area contributed by atoms with Crippen LogP contribution in [0.3, 0.4) is 0 Å². The molecule has 0 unspecified atom stereocenters. The fourth-order valence-electron chi connectivity index (χ4n) is 4.46. The summed E-state index contributed by atoms with van der Waals surface area (Å²) >= 11 is 0. The van der Waals surface area contributed by atoms with E-state index in [1.807, 2.05) is 31.2 Å².